The van der Waals surface area contributed by atoms with Crippen molar-refractivity contribution in [1.29, 1.82) is 0 Å². The Morgan fingerprint density at radius 3 is 2.31 bits per heavy atom. The van der Waals surface area contributed by atoms with Crippen molar-refractivity contribution >= 4 is 38.5 Å². The molecule has 6 nitrogen and oxygen atoms in total. The molecule has 1 aliphatic rings. The summed E-state index contributed by atoms with van der Waals surface area (Å²) in [5.74, 6) is 0.687. The van der Waals surface area contributed by atoms with Gasteiger partial charge in [0, 0.05) is 24.5 Å². The predicted molar refractivity (Wildman–Crippen MR) is 103 cm³/mol. The maximum absolute atomic E-state index is 12.9. The molecule has 1 aromatic heterocycles. The van der Waals surface area contributed by atoms with E-state index in [0.29, 0.717) is 22.9 Å². The van der Waals surface area contributed by atoms with E-state index in [4.69, 9.17) is 0 Å². The summed E-state index contributed by atoms with van der Waals surface area (Å²) in [5, 5.41) is 3.08. The third-order valence-electron chi connectivity index (χ3n) is 4.11. The zero-order valence-corrected chi connectivity index (χ0v) is 14.8. The lowest BCUT2D eigenvalue weighted by molar-refractivity contribution is 0.603. The summed E-state index contributed by atoms with van der Waals surface area (Å²) in [6, 6.07) is 18.5. The highest BCUT2D eigenvalue weighted by molar-refractivity contribution is 8.02. The second-order valence-electron chi connectivity index (χ2n) is 5.81. The summed E-state index contributed by atoms with van der Waals surface area (Å²) in [6.45, 7) is 0. The fourth-order valence-corrected chi connectivity index (χ4v) is 4.14. The van der Waals surface area contributed by atoms with E-state index in [1.54, 1.807) is 24.4 Å². The number of rotatable bonds is 3. The number of anilines is 3. The fourth-order valence-electron chi connectivity index (χ4n) is 2.76. The molecule has 26 heavy (non-hydrogen) atoms. The van der Waals surface area contributed by atoms with E-state index in [9.17, 15) is 8.42 Å². The van der Waals surface area contributed by atoms with Crippen LogP contribution in [0.15, 0.2) is 66.9 Å². The van der Waals surface area contributed by atoms with Crippen LogP contribution in [0.4, 0.5) is 17.5 Å². The van der Waals surface area contributed by atoms with Crippen molar-refractivity contribution in [3.8, 4) is 0 Å². The Kier molecular flexibility index (Phi) is 3.93. The molecule has 1 aliphatic heterocycles. The van der Waals surface area contributed by atoms with Crippen molar-refractivity contribution in [2.75, 3.05) is 16.7 Å². The minimum atomic E-state index is -3.68. The van der Waals surface area contributed by atoms with E-state index >= 15 is 0 Å². The van der Waals surface area contributed by atoms with Gasteiger partial charge < -0.3 is 5.32 Å². The number of fused-ring (bicyclic) bond motifs is 1. The number of nitrogens with one attached hydrogen (secondary N) is 1. The molecular weight excluding hydrogens is 348 g/mol. The highest BCUT2D eigenvalue weighted by Crippen LogP contribution is 2.36. The number of aromatic nitrogens is 2. The lowest BCUT2D eigenvalue weighted by Crippen LogP contribution is -2.31. The molecule has 130 valence electrons. The molecule has 0 amide bonds. The zero-order valence-electron chi connectivity index (χ0n) is 14.0. The van der Waals surface area contributed by atoms with Crippen LogP contribution in [0, 0.1) is 0 Å². The van der Waals surface area contributed by atoms with E-state index in [0.717, 1.165) is 5.69 Å². The van der Waals surface area contributed by atoms with Crippen molar-refractivity contribution < 1.29 is 8.42 Å². The lowest BCUT2D eigenvalue weighted by Gasteiger charge is -2.26. The number of para-hydroxylation sites is 1. The molecule has 3 aromatic rings. The van der Waals surface area contributed by atoms with Crippen molar-refractivity contribution in [2.45, 2.75) is 0 Å². The Hall–Kier alpha value is -3.19. The maximum Gasteiger partial charge on any atom is 0.265 e. The molecule has 0 aliphatic carbocycles. The Balaban J connectivity index is 1.78. The van der Waals surface area contributed by atoms with E-state index in [2.05, 4.69) is 15.3 Å². The summed E-state index contributed by atoms with van der Waals surface area (Å²) in [5.41, 5.74) is 2.12. The normalized spacial score (nSPS) is 15.1. The summed E-state index contributed by atoms with van der Waals surface area (Å²) in [7, 11) is -2.18. The van der Waals surface area contributed by atoms with E-state index in [1.165, 1.54) is 11.4 Å². The molecule has 0 fully saturated rings. The summed E-state index contributed by atoms with van der Waals surface area (Å²) < 4.78 is 27.0. The first-order valence-corrected chi connectivity index (χ1v) is 9.45. The summed E-state index contributed by atoms with van der Waals surface area (Å²) in [6.07, 6.45) is 3.24. The zero-order chi connectivity index (χ0) is 18.1. The van der Waals surface area contributed by atoms with Crippen LogP contribution in [0.5, 0.6) is 0 Å². The van der Waals surface area contributed by atoms with Crippen molar-refractivity contribution in [1.82, 2.24) is 9.97 Å². The Morgan fingerprint density at radius 2 is 1.62 bits per heavy atom. The van der Waals surface area contributed by atoms with Gasteiger partial charge in [-0.3, -0.25) is 4.31 Å². The molecule has 0 saturated carbocycles. The number of hydrogen-bond acceptors (Lipinski definition) is 5. The van der Waals surface area contributed by atoms with Gasteiger partial charge in [0.15, 0.2) is 5.82 Å². The van der Waals surface area contributed by atoms with Crippen LogP contribution in [-0.2, 0) is 10.0 Å². The van der Waals surface area contributed by atoms with Crippen LogP contribution in [0.3, 0.4) is 0 Å². The van der Waals surface area contributed by atoms with Crippen LogP contribution in [0.2, 0.25) is 0 Å². The Labute approximate surface area is 151 Å². The predicted octanol–water partition coefficient (Wildman–Crippen LogP) is 3.50. The largest absolute Gasteiger partial charge is 0.324 e. The molecule has 7 heteroatoms. The number of nitrogens with zero attached hydrogens (tertiary/aromatic N) is 3. The molecule has 4 rings (SSSR count). The molecular formula is C19H16N4O2S. The van der Waals surface area contributed by atoms with E-state index in [-0.39, 0.29) is 4.91 Å². The number of hydrogen-bond donors (Lipinski definition) is 1. The van der Waals surface area contributed by atoms with Gasteiger partial charge in [0.05, 0.1) is 4.91 Å². The van der Waals surface area contributed by atoms with Gasteiger partial charge in [0.25, 0.3) is 10.0 Å². The first-order chi connectivity index (χ1) is 12.6. The van der Waals surface area contributed by atoms with Gasteiger partial charge in [-0.05, 0) is 23.8 Å². The van der Waals surface area contributed by atoms with Crippen molar-refractivity contribution in [3.63, 3.8) is 0 Å². The minimum absolute atomic E-state index is 0.237. The summed E-state index contributed by atoms with van der Waals surface area (Å²) >= 11 is 0. The van der Waals surface area contributed by atoms with Crippen molar-refractivity contribution in [2.24, 2.45) is 0 Å². The van der Waals surface area contributed by atoms with Crippen LogP contribution in [-0.4, -0.2) is 25.4 Å². The van der Waals surface area contributed by atoms with Crippen LogP contribution in [0.1, 0.15) is 11.1 Å². The number of benzene rings is 2. The molecule has 2 aromatic carbocycles. The standard InChI is InChI=1S/C19H16N4O2S/c1-23-18-15(12-17(26(23,24)25)14-8-4-2-5-9-14)13-20-19(22-18)21-16-10-6-3-7-11-16/h2-13H,1H3,(H,20,21,22). The van der Waals surface area contributed by atoms with Gasteiger partial charge in [-0.15, -0.1) is 0 Å². The SMILES string of the molecule is CN1c2nc(Nc3ccccc3)ncc2C=C(c2ccccc2)S1(=O)=O. The minimum Gasteiger partial charge on any atom is -0.324 e. The second kappa shape index (κ2) is 6.27. The molecule has 0 radical (unpaired) electrons. The Bertz CT molecular complexity index is 1080. The monoisotopic (exact) mass is 364 g/mol. The molecule has 0 saturated heterocycles. The average molecular weight is 364 g/mol. The second-order valence-corrected chi connectivity index (χ2v) is 7.75. The first kappa shape index (κ1) is 16.3. The third kappa shape index (κ3) is 2.82. The lowest BCUT2D eigenvalue weighted by atomic mass is 10.1. The first-order valence-electron chi connectivity index (χ1n) is 8.01. The molecule has 1 N–H and O–H groups in total. The average Bonchev–Trinajstić information content (AvgIpc) is 2.67. The molecule has 0 atom stereocenters. The van der Waals surface area contributed by atoms with Gasteiger partial charge in [0.1, 0.15) is 0 Å². The highest BCUT2D eigenvalue weighted by atomic mass is 32.2. The van der Waals surface area contributed by atoms with Crippen LogP contribution >= 0.6 is 0 Å². The smallest absolute Gasteiger partial charge is 0.265 e. The molecule has 0 bridgehead atoms. The van der Waals surface area contributed by atoms with E-state index < -0.39 is 10.0 Å². The number of sulfonamides is 1. The van der Waals surface area contributed by atoms with E-state index in [1.807, 2.05) is 48.5 Å². The Morgan fingerprint density at radius 1 is 0.962 bits per heavy atom. The third-order valence-corrected chi connectivity index (χ3v) is 5.91. The molecule has 2 heterocycles. The molecule has 0 spiro atoms. The van der Waals surface area contributed by atoms with Gasteiger partial charge in [-0.2, -0.15) is 4.98 Å². The molecule has 0 unspecified atom stereocenters. The van der Waals surface area contributed by atoms with Crippen LogP contribution < -0.4 is 9.62 Å². The highest BCUT2D eigenvalue weighted by Gasteiger charge is 2.32. The fraction of sp³-hybridized carbons (Fsp3) is 0.0526. The van der Waals surface area contributed by atoms with Crippen LogP contribution in [0.25, 0.3) is 11.0 Å². The quantitative estimate of drug-likeness (QED) is 0.770. The van der Waals surface area contributed by atoms with Gasteiger partial charge >= 0.3 is 0 Å². The summed E-state index contributed by atoms with van der Waals surface area (Å²) in [4.78, 5) is 8.94. The maximum atomic E-state index is 12.9. The van der Waals surface area contributed by atoms with Crippen molar-refractivity contribution in [3.05, 3.63) is 78.0 Å². The van der Waals surface area contributed by atoms with Gasteiger partial charge in [-0.1, -0.05) is 48.5 Å². The van der Waals surface area contributed by atoms with Gasteiger partial charge in [-0.25, -0.2) is 13.4 Å². The topological polar surface area (TPSA) is 75.2 Å². The van der Waals surface area contributed by atoms with Gasteiger partial charge in [0.2, 0.25) is 5.95 Å².